The lowest BCUT2D eigenvalue weighted by molar-refractivity contribution is 0.169. The molecular weight excluding hydrogens is 218 g/mol. The van der Waals surface area contributed by atoms with Crippen molar-refractivity contribution in [2.75, 3.05) is 19.8 Å². The fourth-order valence-corrected chi connectivity index (χ4v) is 1.80. The van der Waals surface area contributed by atoms with Crippen molar-refractivity contribution in [2.24, 2.45) is 5.73 Å². The molecule has 0 radical (unpaired) electrons. The van der Waals surface area contributed by atoms with Crippen LogP contribution in [0.5, 0.6) is 17.2 Å². The zero-order valence-corrected chi connectivity index (χ0v) is 8.88. The number of rotatable bonds is 2. The molecule has 15 heavy (non-hydrogen) atoms. The molecule has 2 rings (SSSR count). The van der Waals surface area contributed by atoms with Gasteiger partial charge >= 0.3 is 0 Å². The zero-order valence-electron chi connectivity index (χ0n) is 8.12. The summed E-state index contributed by atoms with van der Waals surface area (Å²) in [5, 5.41) is 10.0. The summed E-state index contributed by atoms with van der Waals surface area (Å²) in [6, 6.07) is 1.56. The number of halogens is 1. The van der Waals surface area contributed by atoms with Crippen molar-refractivity contribution in [1.82, 2.24) is 0 Å². The average molecular weight is 230 g/mol. The first-order valence-corrected chi connectivity index (χ1v) is 5.12. The van der Waals surface area contributed by atoms with Crippen LogP contribution in [0.25, 0.3) is 0 Å². The summed E-state index contributed by atoms with van der Waals surface area (Å²) in [6.07, 6.45) is 0.512. The van der Waals surface area contributed by atoms with Crippen molar-refractivity contribution >= 4 is 11.6 Å². The third-order valence-corrected chi connectivity index (χ3v) is 2.54. The second-order valence-electron chi connectivity index (χ2n) is 3.25. The van der Waals surface area contributed by atoms with Crippen LogP contribution >= 0.6 is 11.6 Å². The largest absolute Gasteiger partial charge is 0.506 e. The number of ether oxygens (including phenoxy) is 2. The number of fused-ring (bicyclic) bond motifs is 1. The molecule has 82 valence electrons. The van der Waals surface area contributed by atoms with E-state index in [0.29, 0.717) is 43.2 Å². The minimum absolute atomic E-state index is 0.0337. The molecule has 1 heterocycles. The van der Waals surface area contributed by atoms with E-state index in [0.717, 1.165) is 0 Å². The zero-order chi connectivity index (χ0) is 10.8. The Labute approximate surface area is 92.5 Å². The minimum atomic E-state index is 0.0337. The van der Waals surface area contributed by atoms with Gasteiger partial charge in [0.15, 0.2) is 11.5 Å². The molecule has 3 N–H and O–H groups in total. The first kappa shape index (κ1) is 10.4. The van der Waals surface area contributed by atoms with Crippen LogP contribution in [0.1, 0.15) is 5.56 Å². The maximum atomic E-state index is 9.76. The Morgan fingerprint density at radius 1 is 1.40 bits per heavy atom. The van der Waals surface area contributed by atoms with Gasteiger partial charge in [0, 0.05) is 11.6 Å². The van der Waals surface area contributed by atoms with Gasteiger partial charge in [-0.3, -0.25) is 0 Å². The van der Waals surface area contributed by atoms with Gasteiger partial charge < -0.3 is 20.3 Å². The molecule has 1 aromatic rings. The summed E-state index contributed by atoms with van der Waals surface area (Å²) in [5.74, 6) is 1.17. The molecule has 0 bridgehead atoms. The van der Waals surface area contributed by atoms with E-state index in [1.807, 2.05) is 0 Å². The molecule has 0 saturated heterocycles. The van der Waals surface area contributed by atoms with E-state index in [1.54, 1.807) is 6.07 Å². The van der Waals surface area contributed by atoms with Gasteiger partial charge in [0.2, 0.25) is 0 Å². The van der Waals surface area contributed by atoms with Crippen molar-refractivity contribution in [2.45, 2.75) is 6.42 Å². The highest BCUT2D eigenvalue weighted by Gasteiger charge is 2.21. The van der Waals surface area contributed by atoms with Crippen LogP contribution in [0, 0.1) is 0 Å². The summed E-state index contributed by atoms with van der Waals surface area (Å²) >= 11 is 5.86. The van der Waals surface area contributed by atoms with Gasteiger partial charge in [-0.25, -0.2) is 0 Å². The van der Waals surface area contributed by atoms with Gasteiger partial charge in [0.25, 0.3) is 0 Å². The summed E-state index contributed by atoms with van der Waals surface area (Å²) < 4.78 is 10.8. The fourth-order valence-electron chi connectivity index (χ4n) is 1.59. The highest BCUT2D eigenvalue weighted by Crippen LogP contribution is 2.43. The van der Waals surface area contributed by atoms with Crippen LogP contribution in [0.3, 0.4) is 0 Å². The molecule has 1 aliphatic heterocycles. The number of benzene rings is 1. The van der Waals surface area contributed by atoms with Crippen molar-refractivity contribution in [3.8, 4) is 17.2 Å². The predicted molar refractivity (Wildman–Crippen MR) is 56.9 cm³/mol. The Morgan fingerprint density at radius 3 is 2.87 bits per heavy atom. The van der Waals surface area contributed by atoms with Crippen LogP contribution in [0.4, 0.5) is 0 Å². The molecule has 4 nitrogen and oxygen atoms in total. The van der Waals surface area contributed by atoms with Gasteiger partial charge in [-0.15, -0.1) is 0 Å². The van der Waals surface area contributed by atoms with Crippen molar-refractivity contribution < 1.29 is 14.6 Å². The van der Waals surface area contributed by atoms with Crippen LogP contribution in [0.15, 0.2) is 6.07 Å². The number of phenols is 1. The lowest BCUT2D eigenvalue weighted by Gasteiger charge is -2.22. The van der Waals surface area contributed by atoms with Gasteiger partial charge in [0.05, 0.1) is 5.02 Å². The van der Waals surface area contributed by atoms with E-state index >= 15 is 0 Å². The second kappa shape index (κ2) is 4.16. The Morgan fingerprint density at radius 2 is 2.13 bits per heavy atom. The van der Waals surface area contributed by atoms with Gasteiger partial charge in [0.1, 0.15) is 19.0 Å². The Balaban J connectivity index is 2.52. The first-order chi connectivity index (χ1) is 7.24. The number of hydrogen-bond donors (Lipinski definition) is 2. The number of hydrogen-bond acceptors (Lipinski definition) is 4. The summed E-state index contributed by atoms with van der Waals surface area (Å²) in [5.41, 5.74) is 6.09. The molecule has 1 aromatic carbocycles. The van der Waals surface area contributed by atoms with E-state index in [-0.39, 0.29) is 10.8 Å². The molecular formula is C10H12ClNO3. The van der Waals surface area contributed by atoms with Crippen molar-refractivity contribution in [1.29, 1.82) is 0 Å². The summed E-state index contributed by atoms with van der Waals surface area (Å²) in [4.78, 5) is 0. The maximum absolute atomic E-state index is 9.76. The molecule has 0 aliphatic carbocycles. The molecule has 0 saturated carbocycles. The third-order valence-electron chi connectivity index (χ3n) is 2.25. The van der Waals surface area contributed by atoms with E-state index in [2.05, 4.69) is 0 Å². The third kappa shape index (κ3) is 1.82. The van der Waals surface area contributed by atoms with Crippen molar-refractivity contribution in [3.63, 3.8) is 0 Å². The molecule has 0 fully saturated rings. The van der Waals surface area contributed by atoms with Crippen LogP contribution in [0.2, 0.25) is 5.02 Å². The fraction of sp³-hybridized carbons (Fsp3) is 0.400. The lowest BCUT2D eigenvalue weighted by atomic mass is 10.1. The van der Waals surface area contributed by atoms with Crippen molar-refractivity contribution in [3.05, 3.63) is 16.7 Å². The highest BCUT2D eigenvalue weighted by molar-refractivity contribution is 6.32. The van der Waals surface area contributed by atoms with Gasteiger partial charge in [-0.1, -0.05) is 11.6 Å². The molecule has 0 atom stereocenters. The van der Waals surface area contributed by atoms with Gasteiger partial charge in [-0.05, 0) is 13.0 Å². The minimum Gasteiger partial charge on any atom is -0.506 e. The molecule has 0 amide bonds. The Bertz CT molecular complexity index is 381. The quantitative estimate of drug-likeness (QED) is 0.803. The van der Waals surface area contributed by atoms with Crippen LogP contribution in [-0.2, 0) is 6.42 Å². The molecule has 5 heteroatoms. The van der Waals surface area contributed by atoms with E-state index < -0.39 is 0 Å². The van der Waals surface area contributed by atoms with Gasteiger partial charge in [-0.2, -0.15) is 0 Å². The lowest BCUT2D eigenvalue weighted by Crippen LogP contribution is -2.17. The molecule has 0 spiro atoms. The molecule has 0 unspecified atom stereocenters. The predicted octanol–water partition coefficient (Wildman–Crippen LogP) is 1.32. The topological polar surface area (TPSA) is 64.7 Å². The highest BCUT2D eigenvalue weighted by atomic mass is 35.5. The monoisotopic (exact) mass is 229 g/mol. The number of nitrogens with two attached hydrogens (primary N) is 1. The van der Waals surface area contributed by atoms with Crippen LogP contribution < -0.4 is 15.2 Å². The SMILES string of the molecule is NCCc1c(O)c(Cl)cc2c1OCCO2. The van der Waals surface area contributed by atoms with E-state index in [9.17, 15) is 5.11 Å². The van der Waals surface area contributed by atoms with E-state index in [4.69, 9.17) is 26.8 Å². The standard InChI is InChI=1S/C10H12ClNO3/c11-7-5-8-10(15-4-3-14-8)6(1-2-12)9(7)13/h5,13H,1-4,12H2. The van der Waals surface area contributed by atoms with E-state index in [1.165, 1.54) is 0 Å². The summed E-state index contributed by atoms with van der Waals surface area (Å²) in [6.45, 7) is 1.39. The first-order valence-electron chi connectivity index (χ1n) is 4.74. The van der Waals surface area contributed by atoms with Crippen LogP contribution in [-0.4, -0.2) is 24.9 Å². The molecule has 1 aliphatic rings. The smallest absolute Gasteiger partial charge is 0.168 e. The molecule has 0 aromatic heterocycles. The second-order valence-corrected chi connectivity index (χ2v) is 3.66. The summed E-state index contributed by atoms with van der Waals surface area (Å²) in [7, 11) is 0. The maximum Gasteiger partial charge on any atom is 0.168 e. The Hall–Kier alpha value is -1.13. The number of phenolic OH excluding ortho intramolecular Hbond substituents is 1. The Kier molecular flexibility index (Phi) is 2.88. The number of aromatic hydroxyl groups is 1. The average Bonchev–Trinajstić information content (AvgIpc) is 2.25. The normalized spacial score (nSPS) is 14.0.